The van der Waals surface area contributed by atoms with Gasteiger partial charge in [0.25, 0.3) is 0 Å². The zero-order chi connectivity index (χ0) is 18.0. The lowest BCUT2D eigenvalue weighted by Crippen LogP contribution is -2.14. The molecule has 0 aliphatic heterocycles. The van der Waals surface area contributed by atoms with Gasteiger partial charge < -0.3 is 5.73 Å². The Morgan fingerprint density at radius 1 is 0.720 bits per heavy atom. The fourth-order valence-electron chi connectivity index (χ4n) is 2.75. The summed E-state index contributed by atoms with van der Waals surface area (Å²) in [4.78, 5) is 26.0. The van der Waals surface area contributed by atoms with Gasteiger partial charge in [-0.1, -0.05) is 66.2 Å². The Hall–Kier alpha value is -3.20. The van der Waals surface area contributed by atoms with Crippen LogP contribution in [0.2, 0.25) is 0 Å². The van der Waals surface area contributed by atoms with E-state index in [2.05, 4.69) is 0 Å². The van der Waals surface area contributed by atoms with Crippen molar-refractivity contribution in [2.24, 2.45) is 0 Å². The molecule has 0 fully saturated rings. The molecular weight excluding hydrogens is 310 g/mol. The normalized spacial score (nSPS) is 10.5. The number of hydrogen-bond donors (Lipinski definition) is 1. The van der Waals surface area contributed by atoms with Crippen molar-refractivity contribution in [1.82, 2.24) is 0 Å². The van der Waals surface area contributed by atoms with Crippen LogP contribution in [0.4, 0.5) is 5.69 Å². The van der Waals surface area contributed by atoms with E-state index in [4.69, 9.17) is 5.73 Å². The van der Waals surface area contributed by atoms with Gasteiger partial charge in [0, 0.05) is 22.4 Å². The highest BCUT2D eigenvalue weighted by molar-refractivity contribution is 6.22. The summed E-state index contributed by atoms with van der Waals surface area (Å²) in [6.07, 6.45) is 0. The number of nitrogen functional groups attached to an aromatic ring is 1. The average Bonchev–Trinajstić information content (AvgIpc) is 2.64. The second kappa shape index (κ2) is 6.73. The van der Waals surface area contributed by atoms with E-state index in [1.807, 2.05) is 32.0 Å². The summed E-state index contributed by atoms with van der Waals surface area (Å²) >= 11 is 0. The quantitative estimate of drug-likeness (QED) is 0.572. The van der Waals surface area contributed by atoms with Gasteiger partial charge in [-0.3, -0.25) is 9.59 Å². The number of carbonyl (C=O) groups is 2. The summed E-state index contributed by atoms with van der Waals surface area (Å²) in [6.45, 7) is 3.79. The molecule has 3 rings (SSSR count). The first-order valence-electron chi connectivity index (χ1n) is 8.09. The van der Waals surface area contributed by atoms with Crippen molar-refractivity contribution in [2.45, 2.75) is 13.8 Å². The standard InChI is InChI=1S/C22H19NO2/c1-14-8-11-17(12-9-14)22(25)19-18(13-10-15(2)20(19)23)21(24)16-6-4-3-5-7-16/h3-13H,23H2,1-2H3. The molecule has 3 aromatic carbocycles. The van der Waals surface area contributed by atoms with Crippen LogP contribution in [0.3, 0.4) is 0 Å². The third kappa shape index (κ3) is 3.22. The maximum absolute atomic E-state index is 13.1. The monoisotopic (exact) mass is 329 g/mol. The number of rotatable bonds is 4. The number of hydrogen-bond acceptors (Lipinski definition) is 3. The predicted octanol–water partition coefficient (Wildman–Crippen LogP) is 4.35. The maximum atomic E-state index is 13.1. The Bertz CT molecular complexity index is 942. The number of benzene rings is 3. The largest absolute Gasteiger partial charge is 0.398 e. The maximum Gasteiger partial charge on any atom is 0.195 e. The molecule has 0 aliphatic rings. The first-order chi connectivity index (χ1) is 12.0. The van der Waals surface area contributed by atoms with Gasteiger partial charge in [-0.05, 0) is 25.5 Å². The first-order valence-corrected chi connectivity index (χ1v) is 8.09. The van der Waals surface area contributed by atoms with Gasteiger partial charge in [-0.25, -0.2) is 0 Å². The highest BCUT2D eigenvalue weighted by atomic mass is 16.1. The van der Waals surface area contributed by atoms with Gasteiger partial charge in [0.1, 0.15) is 0 Å². The molecule has 2 N–H and O–H groups in total. The number of anilines is 1. The minimum atomic E-state index is -0.236. The van der Waals surface area contributed by atoms with Gasteiger partial charge in [-0.2, -0.15) is 0 Å². The minimum absolute atomic E-state index is 0.206. The molecule has 0 unspecified atom stereocenters. The molecule has 0 saturated carbocycles. The SMILES string of the molecule is Cc1ccc(C(=O)c2c(C(=O)c3ccccc3)ccc(C)c2N)cc1. The Morgan fingerprint density at radius 2 is 1.32 bits per heavy atom. The van der Waals surface area contributed by atoms with Crippen molar-refractivity contribution >= 4 is 17.3 Å². The Morgan fingerprint density at radius 3 is 1.96 bits per heavy atom. The predicted molar refractivity (Wildman–Crippen MR) is 100 cm³/mol. The fourth-order valence-corrected chi connectivity index (χ4v) is 2.75. The highest BCUT2D eigenvalue weighted by Gasteiger charge is 2.23. The molecule has 0 heterocycles. The van der Waals surface area contributed by atoms with E-state index < -0.39 is 0 Å². The van der Waals surface area contributed by atoms with Crippen LogP contribution in [0.25, 0.3) is 0 Å². The fraction of sp³-hybridized carbons (Fsp3) is 0.0909. The minimum Gasteiger partial charge on any atom is -0.398 e. The third-order valence-electron chi connectivity index (χ3n) is 4.28. The molecule has 0 radical (unpaired) electrons. The van der Waals surface area contributed by atoms with Crippen LogP contribution < -0.4 is 5.73 Å². The van der Waals surface area contributed by atoms with E-state index in [-0.39, 0.29) is 17.1 Å². The lowest BCUT2D eigenvalue weighted by atomic mass is 9.90. The van der Waals surface area contributed by atoms with E-state index in [9.17, 15) is 9.59 Å². The Balaban J connectivity index is 2.15. The average molecular weight is 329 g/mol. The summed E-state index contributed by atoms with van der Waals surface area (Å²) in [5.74, 6) is -0.441. The van der Waals surface area contributed by atoms with Crippen LogP contribution in [0.1, 0.15) is 43.0 Å². The van der Waals surface area contributed by atoms with Gasteiger partial charge in [0.05, 0.1) is 5.56 Å². The number of ketones is 2. The van der Waals surface area contributed by atoms with Crippen molar-refractivity contribution in [1.29, 1.82) is 0 Å². The van der Waals surface area contributed by atoms with E-state index >= 15 is 0 Å². The van der Waals surface area contributed by atoms with Gasteiger partial charge in [0.2, 0.25) is 0 Å². The van der Waals surface area contributed by atoms with Crippen molar-refractivity contribution < 1.29 is 9.59 Å². The molecule has 0 atom stereocenters. The summed E-state index contributed by atoms with van der Waals surface area (Å²) < 4.78 is 0. The van der Waals surface area contributed by atoms with Crippen LogP contribution >= 0.6 is 0 Å². The van der Waals surface area contributed by atoms with Crippen molar-refractivity contribution in [3.63, 3.8) is 0 Å². The first kappa shape index (κ1) is 16.7. The number of nitrogens with two attached hydrogens (primary N) is 1. The van der Waals surface area contributed by atoms with Crippen molar-refractivity contribution in [3.05, 3.63) is 100 Å². The number of carbonyl (C=O) groups excluding carboxylic acids is 2. The molecule has 0 amide bonds. The van der Waals surface area contributed by atoms with Crippen LogP contribution in [-0.2, 0) is 0 Å². The lowest BCUT2D eigenvalue weighted by molar-refractivity contribution is 0.100. The summed E-state index contributed by atoms with van der Waals surface area (Å²) in [6, 6.07) is 19.6. The molecule has 0 saturated heterocycles. The molecule has 0 aliphatic carbocycles. The lowest BCUT2D eigenvalue weighted by Gasteiger charge is -2.13. The summed E-state index contributed by atoms with van der Waals surface area (Å²) in [5, 5.41) is 0. The number of aryl methyl sites for hydroxylation is 2. The van der Waals surface area contributed by atoms with Crippen LogP contribution in [0, 0.1) is 13.8 Å². The third-order valence-corrected chi connectivity index (χ3v) is 4.28. The topological polar surface area (TPSA) is 60.2 Å². The molecule has 25 heavy (non-hydrogen) atoms. The van der Waals surface area contributed by atoms with Crippen molar-refractivity contribution in [2.75, 3.05) is 5.73 Å². The van der Waals surface area contributed by atoms with Crippen molar-refractivity contribution in [3.8, 4) is 0 Å². The van der Waals surface area contributed by atoms with E-state index in [0.29, 0.717) is 22.4 Å². The second-order valence-electron chi connectivity index (χ2n) is 6.11. The zero-order valence-corrected chi connectivity index (χ0v) is 14.2. The molecule has 3 nitrogen and oxygen atoms in total. The molecule has 3 heteroatoms. The zero-order valence-electron chi connectivity index (χ0n) is 14.2. The van der Waals surface area contributed by atoms with E-state index in [0.717, 1.165) is 11.1 Å². The smallest absolute Gasteiger partial charge is 0.195 e. The summed E-state index contributed by atoms with van der Waals surface area (Å²) in [5.41, 5.74) is 10.0. The second-order valence-corrected chi connectivity index (χ2v) is 6.11. The highest BCUT2D eigenvalue weighted by Crippen LogP contribution is 2.26. The van der Waals surface area contributed by atoms with Crippen LogP contribution in [0.5, 0.6) is 0 Å². The van der Waals surface area contributed by atoms with Crippen LogP contribution in [0.15, 0.2) is 66.7 Å². The molecule has 124 valence electrons. The molecule has 3 aromatic rings. The van der Waals surface area contributed by atoms with Gasteiger partial charge in [0.15, 0.2) is 11.6 Å². The van der Waals surface area contributed by atoms with E-state index in [1.165, 1.54) is 0 Å². The Kier molecular flexibility index (Phi) is 4.48. The molecular formula is C22H19NO2. The molecule has 0 spiro atoms. The van der Waals surface area contributed by atoms with Crippen LogP contribution in [-0.4, -0.2) is 11.6 Å². The van der Waals surface area contributed by atoms with Gasteiger partial charge in [-0.15, -0.1) is 0 Å². The van der Waals surface area contributed by atoms with Gasteiger partial charge >= 0.3 is 0 Å². The van der Waals surface area contributed by atoms with E-state index in [1.54, 1.807) is 48.5 Å². The Labute approximate surface area is 147 Å². The molecule has 0 aromatic heterocycles. The molecule has 0 bridgehead atoms. The summed E-state index contributed by atoms with van der Waals surface area (Å²) in [7, 11) is 0.